The zero-order valence-corrected chi connectivity index (χ0v) is 15.2. The van der Waals surface area contributed by atoms with Gasteiger partial charge in [-0.2, -0.15) is 5.10 Å². The maximum absolute atomic E-state index is 12.7. The monoisotopic (exact) mass is 380 g/mol. The van der Waals surface area contributed by atoms with Crippen molar-refractivity contribution in [2.45, 2.75) is 6.92 Å². The van der Waals surface area contributed by atoms with Crippen molar-refractivity contribution in [1.29, 1.82) is 0 Å². The number of carbonyl (C=O) groups is 3. The zero-order valence-electron chi connectivity index (χ0n) is 14.4. The third-order valence-corrected chi connectivity index (χ3v) is 4.20. The van der Waals surface area contributed by atoms with E-state index in [0.29, 0.717) is 11.3 Å². The summed E-state index contributed by atoms with van der Waals surface area (Å²) < 4.78 is 0. The van der Waals surface area contributed by atoms with Crippen LogP contribution in [0.1, 0.15) is 15.9 Å². The maximum atomic E-state index is 12.7. The first-order chi connectivity index (χ1) is 13.0. The Labute approximate surface area is 161 Å². The quantitative estimate of drug-likeness (QED) is 0.366. The highest BCUT2D eigenvalue weighted by Gasteiger charge is 2.38. The van der Waals surface area contributed by atoms with Crippen LogP contribution in [0.2, 0.25) is 0 Å². The number of anilines is 1. The number of aryl methyl sites for hydroxylation is 1. The van der Waals surface area contributed by atoms with Crippen molar-refractivity contribution in [2.24, 2.45) is 11.0 Å². The zero-order chi connectivity index (χ0) is 19.4. The van der Waals surface area contributed by atoms with E-state index in [4.69, 9.17) is 12.2 Å². The molecule has 2 N–H and O–H groups in total. The van der Waals surface area contributed by atoms with Crippen LogP contribution in [-0.4, -0.2) is 29.0 Å². The van der Waals surface area contributed by atoms with Crippen LogP contribution in [0.3, 0.4) is 0 Å². The highest BCUT2D eigenvalue weighted by molar-refractivity contribution is 7.80. The van der Waals surface area contributed by atoms with Crippen LogP contribution < -0.4 is 15.6 Å². The first kappa shape index (κ1) is 18.4. The molecule has 2 aromatic rings. The van der Waals surface area contributed by atoms with E-state index >= 15 is 0 Å². The molecule has 27 heavy (non-hydrogen) atoms. The number of thiocarbonyl (C=S) groups is 1. The van der Waals surface area contributed by atoms with E-state index in [1.54, 1.807) is 54.6 Å². The summed E-state index contributed by atoms with van der Waals surface area (Å²) in [4.78, 5) is 38.1. The third kappa shape index (κ3) is 4.06. The topological polar surface area (TPSA) is 90.9 Å². The van der Waals surface area contributed by atoms with E-state index in [0.717, 1.165) is 11.8 Å². The van der Waals surface area contributed by atoms with Gasteiger partial charge < -0.3 is 5.32 Å². The van der Waals surface area contributed by atoms with Crippen molar-refractivity contribution < 1.29 is 14.4 Å². The van der Waals surface area contributed by atoms with Gasteiger partial charge in [0.2, 0.25) is 5.91 Å². The molecule has 136 valence electrons. The molecular formula is C19H16N4O3S. The molecular weight excluding hydrogens is 364 g/mol. The lowest BCUT2D eigenvalue weighted by Crippen LogP contribution is -2.58. The van der Waals surface area contributed by atoms with Gasteiger partial charge in [0, 0.05) is 11.8 Å². The largest absolute Gasteiger partial charge is 0.301 e. The van der Waals surface area contributed by atoms with Crippen molar-refractivity contribution >= 4 is 47.0 Å². The van der Waals surface area contributed by atoms with Crippen molar-refractivity contribution in [3.63, 3.8) is 0 Å². The average molecular weight is 380 g/mol. The molecule has 0 radical (unpaired) electrons. The molecule has 0 aromatic heterocycles. The molecule has 8 heteroatoms. The van der Waals surface area contributed by atoms with Crippen LogP contribution in [-0.2, 0) is 9.59 Å². The molecule has 1 saturated heterocycles. The number of hydrazone groups is 1. The minimum absolute atomic E-state index is 0.00420. The van der Waals surface area contributed by atoms with Gasteiger partial charge >= 0.3 is 0 Å². The number of para-hydroxylation sites is 1. The molecule has 3 amide bonds. The lowest BCUT2D eigenvalue weighted by Gasteiger charge is -2.30. The fraction of sp³-hybridized carbons (Fsp3) is 0.105. The minimum atomic E-state index is -1.20. The molecule has 1 fully saturated rings. The van der Waals surface area contributed by atoms with E-state index in [-0.39, 0.29) is 5.11 Å². The highest BCUT2D eigenvalue weighted by atomic mass is 32.1. The summed E-state index contributed by atoms with van der Waals surface area (Å²) in [6.45, 7) is 1.91. The summed E-state index contributed by atoms with van der Waals surface area (Å²) in [6.07, 6.45) is 1.10. The Morgan fingerprint density at radius 3 is 2.48 bits per heavy atom. The molecule has 0 saturated carbocycles. The molecule has 0 spiro atoms. The molecule has 0 unspecified atom stereocenters. The SMILES string of the molecule is Cc1ccc(C(=O)N/N=C\[C@H]2C(=O)NC(=S)N(c3ccccc3)C2=O)cc1. The number of benzene rings is 2. The van der Waals surface area contributed by atoms with Crippen LogP contribution in [0.15, 0.2) is 59.7 Å². The van der Waals surface area contributed by atoms with E-state index in [1.165, 1.54) is 4.90 Å². The van der Waals surface area contributed by atoms with Gasteiger partial charge in [-0.1, -0.05) is 35.9 Å². The number of nitrogens with zero attached hydrogens (tertiary/aromatic N) is 2. The highest BCUT2D eigenvalue weighted by Crippen LogP contribution is 2.19. The smallest absolute Gasteiger partial charge is 0.271 e. The van der Waals surface area contributed by atoms with Crippen molar-refractivity contribution in [2.75, 3.05) is 4.90 Å². The van der Waals surface area contributed by atoms with E-state index in [1.807, 2.05) is 6.92 Å². The number of carbonyl (C=O) groups excluding carboxylic acids is 3. The molecule has 2 aromatic carbocycles. The minimum Gasteiger partial charge on any atom is -0.301 e. The van der Waals surface area contributed by atoms with Gasteiger partial charge in [-0.15, -0.1) is 0 Å². The number of nitrogens with one attached hydrogen (secondary N) is 2. The van der Waals surface area contributed by atoms with Gasteiger partial charge in [0.25, 0.3) is 11.8 Å². The predicted octanol–water partition coefficient (Wildman–Crippen LogP) is 1.77. The predicted molar refractivity (Wildman–Crippen MR) is 105 cm³/mol. The third-order valence-electron chi connectivity index (χ3n) is 3.92. The summed E-state index contributed by atoms with van der Waals surface area (Å²) in [7, 11) is 0. The van der Waals surface area contributed by atoms with E-state index < -0.39 is 23.6 Å². The summed E-state index contributed by atoms with van der Waals surface area (Å²) in [6, 6.07) is 15.6. The fourth-order valence-corrected chi connectivity index (χ4v) is 2.78. The van der Waals surface area contributed by atoms with Crippen molar-refractivity contribution in [1.82, 2.24) is 10.7 Å². The number of rotatable bonds is 4. The number of amides is 3. The Morgan fingerprint density at radius 1 is 1.15 bits per heavy atom. The normalized spacial score (nSPS) is 17.1. The molecule has 1 atom stereocenters. The Hall–Kier alpha value is -3.39. The van der Waals surface area contributed by atoms with Crippen molar-refractivity contribution in [3.8, 4) is 0 Å². The van der Waals surface area contributed by atoms with Crippen LogP contribution in [0, 0.1) is 12.8 Å². The molecule has 1 aliphatic heterocycles. The lowest BCUT2D eigenvalue weighted by atomic mass is 10.1. The Bertz CT molecular complexity index is 926. The van der Waals surface area contributed by atoms with Crippen LogP contribution in [0.25, 0.3) is 0 Å². The van der Waals surface area contributed by atoms with Gasteiger partial charge in [-0.25, -0.2) is 5.43 Å². The molecule has 0 aliphatic carbocycles. The van der Waals surface area contributed by atoms with Crippen molar-refractivity contribution in [3.05, 3.63) is 65.7 Å². The second kappa shape index (κ2) is 7.88. The summed E-state index contributed by atoms with van der Waals surface area (Å²) >= 11 is 5.10. The van der Waals surface area contributed by atoms with Crippen LogP contribution in [0.5, 0.6) is 0 Å². The number of hydrogen-bond acceptors (Lipinski definition) is 5. The molecule has 3 rings (SSSR count). The van der Waals surface area contributed by atoms with E-state index in [9.17, 15) is 14.4 Å². The molecule has 1 heterocycles. The van der Waals surface area contributed by atoms with Gasteiger partial charge in [0.05, 0.1) is 5.69 Å². The van der Waals surface area contributed by atoms with Gasteiger partial charge in [-0.05, 0) is 43.4 Å². The first-order valence-electron chi connectivity index (χ1n) is 8.11. The lowest BCUT2D eigenvalue weighted by molar-refractivity contribution is -0.130. The summed E-state index contributed by atoms with van der Waals surface area (Å²) in [5.41, 5.74) is 4.30. The second-order valence-electron chi connectivity index (χ2n) is 5.87. The maximum Gasteiger partial charge on any atom is 0.271 e. The van der Waals surface area contributed by atoms with Gasteiger partial charge in [0.15, 0.2) is 11.0 Å². The summed E-state index contributed by atoms with van der Waals surface area (Å²) in [5.74, 6) is -2.77. The average Bonchev–Trinajstić information content (AvgIpc) is 2.65. The standard InChI is InChI=1S/C19H16N4O3S/c1-12-7-9-13(10-8-12)16(24)22-20-11-15-17(25)21-19(27)23(18(15)26)14-5-3-2-4-6-14/h2-11,15H,1H3,(H,22,24)(H,21,25,27)/b20-11-/t15-/m0/s1. The Morgan fingerprint density at radius 2 is 1.81 bits per heavy atom. The van der Waals surface area contributed by atoms with E-state index in [2.05, 4.69) is 15.8 Å². The summed E-state index contributed by atoms with van der Waals surface area (Å²) in [5, 5.41) is 6.25. The second-order valence-corrected chi connectivity index (χ2v) is 6.25. The Kier molecular flexibility index (Phi) is 5.37. The molecule has 1 aliphatic rings. The van der Waals surface area contributed by atoms with Crippen LogP contribution in [0.4, 0.5) is 5.69 Å². The first-order valence-corrected chi connectivity index (χ1v) is 8.52. The fourth-order valence-electron chi connectivity index (χ4n) is 2.48. The van der Waals surface area contributed by atoms with Gasteiger partial charge in [-0.3, -0.25) is 19.3 Å². The number of hydrogen-bond donors (Lipinski definition) is 2. The van der Waals surface area contributed by atoms with Crippen LogP contribution >= 0.6 is 12.2 Å². The van der Waals surface area contributed by atoms with Gasteiger partial charge in [0.1, 0.15) is 0 Å². The molecule has 0 bridgehead atoms. The Balaban J connectivity index is 1.73. The molecule has 7 nitrogen and oxygen atoms in total.